The zero-order chi connectivity index (χ0) is 33.5. The number of aryl methyl sites for hydroxylation is 1. The van der Waals surface area contributed by atoms with Crippen molar-refractivity contribution in [2.75, 3.05) is 0 Å². The van der Waals surface area contributed by atoms with Crippen molar-refractivity contribution < 1.29 is 4.42 Å². The van der Waals surface area contributed by atoms with E-state index in [1.54, 1.807) is 0 Å². The summed E-state index contributed by atoms with van der Waals surface area (Å²) in [7, 11) is 0. The van der Waals surface area contributed by atoms with E-state index in [0.29, 0.717) is 17.5 Å². The van der Waals surface area contributed by atoms with Crippen LogP contribution in [-0.4, -0.2) is 15.0 Å². The van der Waals surface area contributed by atoms with Gasteiger partial charge in [-0.3, -0.25) is 0 Å². The van der Waals surface area contributed by atoms with Crippen LogP contribution < -0.4 is 0 Å². The molecule has 0 saturated heterocycles. The molecule has 0 fully saturated rings. The third kappa shape index (κ3) is 4.36. The summed E-state index contributed by atoms with van der Waals surface area (Å²) in [5, 5.41) is 4.54. The summed E-state index contributed by atoms with van der Waals surface area (Å²) in [6.07, 6.45) is 6.50. The lowest BCUT2D eigenvalue weighted by Crippen LogP contribution is -2.02. The zero-order valence-corrected chi connectivity index (χ0v) is 27.6. The Morgan fingerprint density at radius 2 is 1.14 bits per heavy atom. The summed E-state index contributed by atoms with van der Waals surface area (Å²) in [4.78, 5) is 15.6. The molecule has 0 atom stereocenters. The van der Waals surface area contributed by atoms with Gasteiger partial charge < -0.3 is 4.42 Å². The molecule has 9 aromatic rings. The fourth-order valence-electron chi connectivity index (χ4n) is 8.16. The molecule has 0 amide bonds. The maximum Gasteiger partial charge on any atom is 0.164 e. The van der Waals surface area contributed by atoms with Gasteiger partial charge in [-0.15, -0.1) is 0 Å². The van der Waals surface area contributed by atoms with Gasteiger partial charge in [0.1, 0.15) is 11.2 Å². The van der Waals surface area contributed by atoms with Gasteiger partial charge in [0.05, 0.1) is 0 Å². The van der Waals surface area contributed by atoms with E-state index in [-0.39, 0.29) is 0 Å². The second-order valence-corrected chi connectivity index (χ2v) is 13.5. The predicted octanol–water partition coefficient (Wildman–Crippen LogP) is 12.2. The van der Waals surface area contributed by atoms with Crippen LogP contribution in [-0.2, 0) is 6.42 Å². The molecule has 0 spiro atoms. The van der Waals surface area contributed by atoms with Crippen LogP contribution in [0.25, 0.3) is 106 Å². The number of hydrogen-bond donors (Lipinski definition) is 0. The average molecular weight is 652 g/mol. The van der Waals surface area contributed by atoms with E-state index in [1.165, 1.54) is 44.2 Å². The Morgan fingerprint density at radius 3 is 2.02 bits per heavy atom. The summed E-state index contributed by atoms with van der Waals surface area (Å²) in [6, 6.07) is 49.3. The van der Waals surface area contributed by atoms with E-state index in [0.717, 1.165) is 62.6 Å². The number of hydrogen-bond acceptors (Lipinski definition) is 4. The highest BCUT2D eigenvalue weighted by Crippen LogP contribution is 2.50. The van der Waals surface area contributed by atoms with Crippen LogP contribution in [0.15, 0.2) is 150 Å². The van der Waals surface area contributed by atoms with Gasteiger partial charge in [-0.05, 0) is 92.4 Å². The predicted molar refractivity (Wildman–Crippen MR) is 208 cm³/mol. The minimum absolute atomic E-state index is 0.619. The van der Waals surface area contributed by atoms with E-state index in [4.69, 9.17) is 19.4 Å². The first-order valence-electron chi connectivity index (χ1n) is 17.5. The fraction of sp³-hybridized carbons (Fsp3) is 0.0426. The molecule has 11 rings (SSSR count). The van der Waals surface area contributed by atoms with Crippen LogP contribution >= 0.6 is 0 Å². The molecule has 4 heteroatoms. The van der Waals surface area contributed by atoms with Crippen molar-refractivity contribution in [3.8, 4) is 67.5 Å². The van der Waals surface area contributed by atoms with E-state index in [2.05, 4.69) is 121 Å². The molecule has 0 radical (unpaired) electrons. The Balaban J connectivity index is 1.19. The lowest BCUT2D eigenvalue weighted by Gasteiger charge is -2.14. The minimum Gasteiger partial charge on any atom is -0.456 e. The molecule has 0 aliphatic heterocycles. The second kappa shape index (κ2) is 10.9. The smallest absolute Gasteiger partial charge is 0.164 e. The number of para-hydroxylation sites is 1. The second-order valence-electron chi connectivity index (χ2n) is 13.5. The molecule has 0 saturated carbocycles. The molecule has 0 N–H and O–H groups in total. The number of fused-ring (bicyclic) bond motifs is 7. The highest BCUT2D eigenvalue weighted by molar-refractivity contribution is 6.20. The van der Waals surface area contributed by atoms with Gasteiger partial charge in [-0.2, -0.15) is 0 Å². The molecule has 2 aromatic heterocycles. The van der Waals surface area contributed by atoms with Crippen LogP contribution in [0.3, 0.4) is 0 Å². The maximum absolute atomic E-state index is 6.61. The van der Waals surface area contributed by atoms with Gasteiger partial charge in [0.15, 0.2) is 17.5 Å². The maximum atomic E-state index is 6.61. The van der Waals surface area contributed by atoms with Gasteiger partial charge in [0.25, 0.3) is 0 Å². The number of aromatic nitrogens is 3. The molecule has 51 heavy (non-hydrogen) atoms. The van der Waals surface area contributed by atoms with Crippen LogP contribution in [0.1, 0.15) is 17.5 Å². The van der Waals surface area contributed by atoms with Crippen LogP contribution in [0.5, 0.6) is 0 Å². The topological polar surface area (TPSA) is 51.8 Å². The fourth-order valence-corrected chi connectivity index (χ4v) is 8.16. The van der Waals surface area contributed by atoms with E-state index < -0.39 is 0 Å². The van der Waals surface area contributed by atoms with Crippen molar-refractivity contribution in [3.63, 3.8) is 0 Å². The van der Waals surface area contributed by atoms with Crippen molar-refractivity contribution in [1.82, 2.24) is 15.0 Å². The number of rotatable bonds is 4. The number of allylic oxidation sites excluding steroid dienone is 1. The normalized spacial score (nSPS) is 12.9. The van der Waals surface area contributed by atoms with E-state index >= 15 is 0 Å². The zero-order valence-electron chi connectivity index (χ0n) is 27.6. The Kier molecular flexibility index (Phi) is 6.05. The van der Waals surface area contributed by atoms with Crippen molar-refractivity contribution in [1.29, 1.82) is 0 Å². The molecule has 0 bridgehead atoms. The SMILES string of the molecule is C1=Cc2ccc(-c3nc(-c4ccccc4)nc(-c4cc(-c5ccc6c7c(cccc57)-c5ccccc5-6)cc5oc6ccccc6c45)n3)cc2CC1. The van der Waals surface area contributed by atoms with Gasteiger partial charge >= 0.3 is 0 Å². The summed E-state index contributed by atoms with van der Waals surface area (Å²) in [5.41, 5.74) is 14.4. The first kappa shape index (κ1) is 28.2. The highest BCUT2D eigenvalue weighted by atomic mass is 16.3. The van der Waals surface area contributed by atoms with Crippen molar-refractivity contribution in [2.24, 2.45) is 0 Å². The van der Waals surface area contributed by atoms with E-state index in [1.807, 2.05) is 30.3 Å². The van der Waals surface area contributed by atoms with E-state index in [9.17, 15) is 0 Å². The lowest BCUT2D eigenvalue weighted by atomic mass is 9.92. The van der Waals surface area contributed by atoms with Gasteiger partial charge in [0.2, 0.25) is 0 Å². The van der Waals surface area contributed by atoms with Crippen molar-refractivity contribution in [2.45, 2.75) is 12.8 Å². The van der Waals surface area contributed by atoms with Gasteiger partial charge in [-0.25, -0.2) is 15.0 Å². The first-order valence-corrected chi connectivity index (χ1v) is 17.5. The summed E-state index contributed by atoms with van der Waals surface area (Å²) >= 11 is 0. The Labute approximate surface area is 294 Å². The first-order chi connectivity index (χ1) is 25.3. The summed E-state index contributed by atoms with van der Waals surface area (Å²) < 4.78 is 6.61. The minimum atomic E-state index is 0.619. The molecule has 0 unspecified atom stereocenters. The number of furan rings is 1. The van der Waals surface area contributed by atoms with Crippen LogP contribution in [0.2, 0.25) is 0 Å². The standard InChI is InChI=1S/C47H29N3O/c1-2-12-29(13-3-1)45-48-46(31-22-21-28-11-4-5-14-30(28)25-31)50-47(49-45)40-26-32(27-42-44(40)39-17-8-9-20-41(39)51-42)33-23-24-38-35-16-7-6-15-34(35)37-19-10-18-36(33)43(37)38/h1-4,6-13,15-27H,5,14H2. The molecule has 2 aliphatic carbocycles. The monoisotopic (exact) mass is 651 g/mol. The molecular formula is C47H29N3O. The van der Waals surface area contributed by atoms with Gasteiger partial charge in [0, 0.05) is 27.5 Å². The van der Waals surface area contributed by atoms with Crippen molar-refractivity contribution in [3.05, 3.63) is 157 Å². The molecule has 4 nitrogen and oxygen atoms in total. The molecular weight excluding hydrogens is 623 g/mol. The summed E-state index contributed by atoms with van der Waals surface area (Å²) in [6.45, 7) is 0. The van der Waals surface area contributed by atoms with Gasteiger partial charge in [-0.1, -0.05) is 127 Å². The largest absolute Gasteiger partial charge is 0.456 e. The number of nitrogens with zero attached hydrogens (tertiary/aromatic N) is 3. The van der Waals surface area contributed by atoms with Crippen molar-refractivity contribution >= 4 is 38.8 Å². The average Bonchev–Trinajstić information content (AvgIpc) is 3.74. The third-order valence-corrected chi connectivity index (χ3v) is 10.5. The molecule has 7 aromatic carbocycles. The van der Waals surface area contributed by atoms with Crippen LogP contribution in [0.4, 0.5) is 0 Å². The number of benzene rings is 7. The Bertz CT molecular complexity index is 2890. The Hall–Kier alpha value is -6.65. The molecule has 238 valence electrons. The summed E-state index contributed by atoms with van der Waals surface area (Å²) in [5.74, 6) is 1.92. The molecule has 2 heterocycles. The van der Waals surface area contributed by atoms with Crippen LogP contribution in [0, 0.1) is 0 Å². The third-order valence-electron chi connectivity index (χ3n) is 10.5. The highest BCUT2D eigenvalue weighted by Gasteiger charge is 2.24. The lowest BCUT2D eigenvalue weighted by molar-refractivity contribution is 0.669. The molecule has 2 aliphatic rings. The quantitative estimate of drug-likeness (QED) is 0.190. The Morgan fingerprint density at radius 1 is 0.431 bits per heavy atom.